The minimum atomic E-state index is -0.185. The molecule has 5 heteroatoms. The summed E-state index contributed by atoms with van der Waals surface area (Å²) in [5.74, 6) is -0.185. The van der Waals surface area contributed by atoms with Crippen LogP contribution in [0.1, 0.15) is 5.69 Å². The van der Waals surface area contributed by atoms with Gasteiger partial charge in [-0.2, -0.15) is 0 Å². The lowest BCUT2D eigenvalue weighted by Crippen LogP contribution is -2.46. The zero-order valence-corrected chi connectivity index (χ0v) is 11.2. The smallest absolute Gasteiger partial charge is 0.123 e. The summed E-state index contributed by atoms with van der Waals surface area (Å²) in [6, 6.07) is 6.71. The van der Waals surface area contributed by atoms with Gasteiger partial charge in [0.1, 0.15) is 5.82 Å². The van der Waals surface area contributed by atoms with Crippen molar-refractivity contribution in [2.24, 2.45) is 0 Å². The second-order valence-electron chi connectivity index (χ2n) is 4.94. The van der Waals surface area contributed by atoms with Crippen molar-refractivity contribution in [2.75, 3.05) is 31.1 Å². The Labute approximate surface area is 117 Å². The number of halogens is 1. The lowest BCUT2D eigenvalue weighted by Gasteiger charge is -2.35. The molecule has 0 bridgehead atoms. The monoisotopic (exact) mass is 272 g/mol. The molecule has 0 amide bonds. The Kier molecular flexibility index (Phi) is 3.87. The Morgan fingerprint density at radius 3 is 2.40 bits per heavy atom. The molecule has 3 rings (SSSR count). The molecular formula is C15H17FN4. The summed E-state index contributed by atoms with van der Waals surface area (Å²) in [7, 11) is 0. The number of hydrogen-bond donors (Lipinski definition) is 0. The van der Waals surface area contributed by atoms with Gasteiger partial charge in [-0.1, -0.05) is 0 Å². The molecule has 20 heavy (non-hydrogen) atoms. The summed E-state index contributed by atoms with van der Waals surface area (Å²) in [5, 5.41) is 0. The molecule has 1 fully saturated rings. The van der Waals surface area contributed by atoms with Crippen LogP contribution in [0, 0.1) is 5.82 Å². The molecule has 0 aliphatic carbocycles. The average molecular weight is 272 g/mol. The number of piperazine rings is 1. The molecule has 104 valence electrons. The minimum absolute atomic E-state index is 0.185. The van der Waals surface area contributed by atoms with Crippen molar-refractivity contribution in [3.8, 4) is 0 Å². The van der Waals surface area contributed by atoms with Gasteiger partial charge >= 0.3 is 0 Å². The van der Waals surface area contributed by atoms with Crippen molar-refractivity contribution in [1.29, 1.82) is 0 Å². The predicted molar refractivity (Wildman–Crippen MR) is 75.9 cm³/mol. The average Bonchev–Trinajstić information content (AvgIpc) is 2.50. The predicted octanol–water partition coefficient (Wildman–Crippen LogP) is 1.94. The molecule has 0 spiro atoms. The second kappa shape index (κ2) is 5.96. The molecule has 1 aromatic carbocycles. The Hall–Kier alpha value is -2.01. The van der Waals surface area contributed by atoms with Gasteiger partial charge in [0.25, 0.3) is 0 Å². The summed E-state index contributed by atoms with van der Waals surface area (Å²) in [6.45, 7) is 4.70. The molecule has 1 aliphatic heterocycles. The zero-order valence-electron chi connectivity index (χ0n) is 11.2. The highest BCUT2D eigenvalue weighted by Crippen LogP contribution is 2.17. The molecule has 0 unspecified atom stereocenters. The van der Waals surface area contributed by atoms with Gasteiger partial charge in [-0.15, -0.1) is 0 Å². The number of aromatic nitrogens is 2. The first-order valence-corrected chi connectivity index (χ1v) is 6.79. The van der Waals surface area contributed by atoms with E-state index in [1.807, 2.05) is 18.3 Å². The Morgan fingerprint density at radius 2 is 1.75 bits per heavy atom. The minimum Gasteiger partial charge on any atom is -0.369 e. The van der Waals surface area contributed by atoms with Gasteiger partial charge in [0.2, 0.25) is 0 Å². The topological polar surface area (TPSA) is 32.3 Å². The summed E-state index contributed by atoms with van der Waals surface area (Å²) in [4.78, 5) is 13.0. The van der Waals surface area contributed by atoms with E-state index in [-0.39, 0.29) is 5.82 Å². The number of nitrogens with zero attached hydrogens (tertiary/aromatic N) is 4. The van der Waals surface area contributed by atoms with E-state index in [2.05, 4.69) is 19.8 Å². The van der Waals surface area contributed by atoms with Crippen molar-refractivity contribution < 1.29 is 4.39 Å². The molecule has 1 saturated heterocycles. The van der Waals surface area contributed by atoms with Crippen LogP contribution < -0.4 is 4.90 Å². The van der Waals surface area contributed by atoms with Crippen molar-refractivity contribution in [3.05, 3.63) is 54.4 Å². The first-order chi connectivity index (χ1) is 9.81. The van der Waals surface area contributed by atoms with Crippen LogP contribution in [0.2, 0.25) is 0 Å². The summed E-state index contributed by atoms with van der Waals surface area (Å²) < 4.78 is 12.9. The quantitative estimate of drug-likeness (QED) is 0.854. The van der Waals surface area contributed by atoms with Crippen LogP contribution >= 0.6 is 0 Å². The Bertz CT molecular complexity index is 536. The van der Waals surface area contributed by atoms with Gasteiger partial charge in [-0.3, -0.25) is 14.9 Å². The van der Waals surface area contributed by atoms with E-state index in [0.717, 1.165) is 44.1 Å². The van der Waals surface area contributed by atoms with E-state index in [9.17, 15) is 4.39 Å². The van der Waals surface area contributed by atoms with Crippen LogP contribution in [0.15, 0.2) is 42.9 Å². The first kappa shape index (κ1) is 13.0. The third-order valence-corrected chi connectivity index (χ3v) is 3.57. The van der Waals surface area contributed by atoms with Crippen molar-refractivity contribution in [1.82, 2.24) is 14.9 Å². The third-order valence-electron chi connectivity index (χ3n) is 3.57. The van der Waals surface area contributed by atoms with Crippen molar-refractivity contribution in [2.45, 2.75) is 6.54 Å². The molecule has 0 saturated carbocycles. The molecule has 0 radical (unpaired) electrons. The SMILES string of the molecule is Fc1ccc(N2CCN(Cc3cnccn3)CC2)cc1. The van der Waals surface area contributed by atoms with Gasteiger partial charge in [-0.05, 0) is 24.3 Å². The van der Waals surface area contributed by atoms with Gasteiger partial charge < -0.3 is 4.90 Å². The first-order valence-electron chi connectivity index (χ1n) is 6.79. The van der Waals surface area contributed by atoms with E-state index < -0.39 is 0 Å². The molecule has 0 atom stereocenters. The van der Waals surface area contributed by atoms with Gasteiger partial charge in [0.05, 0.1) is 5.69 Å². The van der Waals surface area contributed by atoms with E-state index in [1.165, 1.54) is 12.1 Å². The number of benzene rings is 1. The van der Waals surface area contributed by atoms with Crippen LogP contribution in [0.4, 0.5) is 10.1 Å². The maximum atomic E-state index is 12.9. The Balaban J connectivity index is 1.55. The standard InChI is InChI=1S/C15H17FN4/c16-13-1-3-15(4-2-13)20-9-7-19(8-10-20)12-14-11-17-5-6-18-14/h1-6,11H,7-10,12H2. The van der Waals surface area contributed by atoms with Crippen LogP contribution in [0.3, 0.4) is 0 Å². The normalized spacial score (nSPS) is 16.4. The van der Waals surface area contributed by atoms with Gasteiger partial charge in [0, 0.05) is 57.0 Å². The molecule has 0 N–H and O–H groups in total. The van der Waals surface area contributed by atoms with Gasteiger partial charge in [0.15, 0.2) is 0 Å². The highest BCUT2D eigenvalue weighted by molar-refractivity contribution is 5.46. The summed E-state index contributed by atoms with van der Waals surface area (Å²) in [6.07, 6.45) is 5.23. The largest absolute Gasteiger partial charge is 0.369 e. The summed E-state index contributed by atoms with van der Waals surface area (Å²) >= 11 is 0. The molecule has 2 heterocycles. The molecule has 1 aliphatic rings. The van der Waals surface area contributed by atoms with Crippen LogP contribution in [0.5, 0.6) is 0 Å². The zero-order chi connectivity index (χ0) is 13.8. The molecular weight excluding hydrogens is 255 g/mol. The molecule has 4 nitrogen and oxygen atoms in total. The van der Waals surface area contributed by atoms with Gasteiger partial charge in [-0.25, -0.2) is 4.39 Å². The number of anilines is 1. The van der Waals surface area contributed by atoms with Crippen LogP contribution in [-0.4, -0.2) is 41.0 Å². The lowest BCUT2D eigenvalue weighted by atomic mass is 10.2. The Morgan fingerprint density at radius 1 is 1.00 bits per heavy atom. The second-order valence-corrected chi connectivity index (χ2v) is 4.94. The lowest BCUT2D eigenvalue weighted by molar-refractivity contribution is 0.247. The molecule has 1 aromatic heterocycles. The van der Waals surface area contributed by atoms with E-state index in [1.54, 1.807) is 12.4 Å². The van der Waals surface area contributed by atoms with E-state index >= 15 is 0 Å². The fraction of sp³-hybridized carbons (Fsp3) is 0.333. The van der Waals surface area contributed by atoms with Crippen LogP contribution in [-0.2, 0) is 6.54 Å². The maximum Gasteiger partial charge on any atom is 0.123 e. The highest BCUT2D eigenvalue weighted by atomic mass is 19.1. The van der Waals surface area contributed by atoms with Crippen molar-refractivity contribution >= 4 is 5.69 Å². The highest BCUT2D eigenvalue weighted by Gasteiger charge is 2.17. The molecule has 2 aromatic rings. The fourth-order valence-electron chi connectivity index (χ4n) is 2.46. The number of hydrogen-bond acceptors (Lipinski definition) is 4. The summed E-state index contributed by atoms with van der Waals surface area (Å²) in [5.41, 5.74) is 2.09. The van der Waals surface area contributed by atoms with E-state index in [4.69, 9.17) is 0 Å². The number of rotatable bonds is 3. The third kappa shape index (κ3) is 3.11. The van der Waals surface area contributed by atoms with Crippen molar-refractivity contribution in [3.63, 3.8) is 0 Å². The van der Waals surface area contributed by atoms with Crippen LogP contribution in [0.25, 0.3) is 0 Å². The maximum absolute atomic E-state index is 12.9. The fourth-order valence-corrected chi connectivity index (χ4v) is 2.46. The van der Waals surface area contributed by atoms with E-state index in [0.29, 0.717) is 0 Å².